The molecule has 1 aromatic carbocycles. The van der Waals surface area contributed by atoms with Gasteiger partial charge in [0.2, 0.25) is 11.8 Å². The zero-order valence-electron chi connectivity index (χ0n) is 23.2. The fraction of sp³-hybridized carbons (Fsp3) is 0.700. The van der Waals surface area contributed by atoms with Gasteiger partial charge in [0.05, 0.1) is 13.2 Å². The van der Waals surface area contributed by atoms with Crippen LogP contribution in [-0.2, 0) is 14.3 Å². The Labute approximate surface area is 228 Å². The monoisotopic (exact) mass is 526 g/mol. The van der Waals surface area contributed by atoms with Crippen LogP contribution in [0.2, 0.25) is 0 Å². The van der Waals surface area contributed by atoms with Crippen molar-refractivity contribution in [3.63, 3.8) is 0 Å². The van der Waals surface area contributed by atoms with Crippen LogP contribution in [0, 0.1) is 0 Å². The number of nitrogens with one attached hydrogen (secondary N) is 1. The van der Waals surface area contributed by atoms with E-state index in [2.05, 4.69) is 15.1 Å². The third-order valence-corrected chi connectivity index (χ3v) is 8.30. The van der Waals surface area contributed by atoms with E-state index in [1.54, 1.807) is 29.2 Å². The molecular formula is C30H46N4O4. The van der Waals surface area contributed by atoms with E-state index >= 15 is 0 Å². The van der Waals surface area contributed by atoms with E-state index in [1.165, 1.54) is 45.4 Å². The summed E-state index contributed by atoms with van der Waals surface area (Å²) in [5.41, 5.74) is 1.20. The van der Waals surface area contributed by atoms with Crippen LogP contribution in [0.5, 0.6) is 0 Å². The van der Waals surface area contributed by atoms with Gasteiger partial charge < -0.3 is 19.9 Å². The molecule has 210 valence electrons. The minimum absolute atomic E-state index is 0.110. The van der Waals surface area contributed by atoms with Crippen LogP contribution >= 0.6 is 0 Å². The van der Waals surface area contributed by atoms with E-state index in [1.807, 2.05) is 0 Å². The molecule has 0 spiro atoms. The minimum atomic E-state index is -0.148. The Morgan fingerprint density at radius 2 is 1.47 bits per heavy atom. The summed E-state index contributed by atoms with van der Waals surface area (Å²) >= 11 is 0. The maximum atomic E-state index is 14.0. The van der Waals surface area contributed by atoms with Crippen LogP contribution in [0.4, 0.5) is 5.69 Å². The molecular weight excluding hydrogens is 480 g/mol. The van der Waals surface area contributed by atoms with E-state index in [0.29, 0.717) is 29.9 Å². The highest BCUT2D eigenvalue weighted by Crippen LogP contribution is 2.30. The molecule has 38 heavy (non-hydrogen) atoms. The lowest BCUT2D eigenvalue weighted by Gasteiger charge is -2.42. The summed E-state index contributed by atoms with van der Waals surface area (Å²) in [6.07, 6.45) is 12.4. The molecule has 0 bridgehead atoms. The van der Waals surface area contributed by atoms with Gasteiger partial charge in [-0.3, -0.25) is 19.3 Å². The average molecular weight is 527 g/mol. The summed E-state index contributed by atoms with van der Waals surface area (Å²) in [5.74, 6) is -0.162. The van der Waals surface area contributed by atoms with Crippen molar-refractivity contribution in [3.8, 4) is 0 Å². The van der Waals surface area contributed by atoms with Gasteiger partial charge in [0, 0.05) is 56.4 Å². The third kappa shape index (κ3) is 8.27. The number of amides is 3. The highest BCUT2D eigenvalue weighted by Gasteiger charge is 2.34. The number of benzene rings is 1. The van der Waals surface area contributed by atoms with E-state index < -0.39 is 0 Å². The fourth-order valence-electron chi connectivity index (χ4n) is 6.31. The maximum Gasteiger partial charge on any atom is 0.254 e. The predicted octanol–water partition coefficient (Wildman–Crippen LogP) is 4.30. The van der Waals surface area contributed by atoms with Crippen molar-refractivity contribution in [2.75, 3.05) is 51.3 Å². The van der Waals surface area contributed by atoms with Gasteiger partial charge in [-0.25, -0.2) is 0 Å². The quantitative estimate of drug-likeness (QED) is 0.492. The molecule has 1 N–H and O–H groups in total. The van der Waals surface area contributed by atoms with Crippen molar-refractivity contribution in [2.45, 2.75) is 89.6 Å². The number of rotatable bonds is 10. The standard InChI is InChI=1S/C30H46N4O4/c1-24(35)31-26-15-13-25(14-16-26)30(37)33(18-8-17-32-19-21-38-22-20-32)23-29(36)34(27-9-4-2-5-10-27)28-11-6-3-7-12-28/h13-16,27-28H,2-12,17-23H2,1H3,(H,31,35). The number of nitrogens with zero attached hydrogens (tertiary/aromatic N) is 3. The number of morpholine rings is 1. The topological polar surface area (TPSA) is 82.2 Å². The number of carbonyl (C=O) groups excluding carboxylic acids is 3. The molecule has 0 atom stereocenters. The van der Waals surface area contributed by atoms with Crippen LogP contribution in [0.25, 0.3) is 0 Å². The predicted molar refractivity (Wildman–Crippen MR) is 149 cm³/mol. The molecule has 2 aliphatic carbocycles. The molecule has 0 unspecified atom stereocenters. The summed E-state index contributed by atoms with van der Waals surface area (Å²) < 4.78 is 5.47. The van der Waals surface area contributed by atoms with Gasteiger partial charge in [-0.05, 0) is 56.4 Å². The van der Waals surface area contributed by atoms with Crippen LogP contribution in [0.15, 0.2) is 24.3 Å². The average Bonchev–Trinajstić information content (AvgIpc) is 2.94. The van der Waals surface area contributed by atoms with Crippen molar-refractivity contribution in [3.05, 3.63) is 29.8 Å². The van der Waals surface area contributed by atoms with Gasteiger partial charge >= 0.3 is 0 Å². The molecule has 1 heterocycles. The molecule has 3 aliphatic rings. The first kappa shape index (κ1) is 28.6. The first-order valence-electron chi connectivity index (χ1n) is 14.8. The molecule has 3 amide bonds. The lowest BCUT2D eigenvalue weighted by Crippen LogP contribution is -2.53. The second-order valence-electron chi connectivity index (χ2n) is 11.2. The molecule has 8 nitrogen and oxygen atoms in total. The van der Waals surface area contributed by atoms with E-state index in [-0.39, 0.29) is 24.3 Å². The summed E-state index contributed by atoms with van der Waals surface area (Å²) in [7, 11) is 0. The molecule has 2 saturated carbocycles. The Hall–Kier alpha value is -2.45. The van der Waals surface area contributed by atoms with Gasteiger partial charge in [0.25, 0.3) is 5.91 Å². The summed E-state index contributed by atoms with van der Waals surface area (Å²) in [4.78, 5) is 45.4. The van der Waals surface area contributed by atoms with Gasteiger partial charge in [0.15, 0.2) is 0 Å². The molecule has 1 aromatic rings. The second-order valence-corrected chi connectivity index (χ2v) is 11.2. The van der Waals surface area contributed by atoms with E-state index in [4.69, 9.17) is 4.74 Å². The van der Waals surface area contributed by atoms with Crippen molar-refractivity contribution in [1.29, 1.82) is 0 Å². The van der Waals surface area contributed by atoms with Crippen LogP contribution < -0.4 is 5.32 Å². The highest BCUT2D eigenvalue weighted by atomic mass is 16.5. The van der Waals surface area contributed by atoms with Crippen molar-refractivity contribution < 1.29 is 19.1 Å². The first-order valence-corrected chi connectivity index (χ1v) is 14.8. The van der Waals surface area contributed by atoms with Gasteiger partial charge in [-0.15, -0.1) is 0 Å². The maximum absolute atomic E-state index is 14.0. The van der Waals surface area contributed by atoms with Gasteiger partial charge in [-0.2, -0.15) is 0 Å². The molecule has 8 heteroatoms. The van der Waals surface area contributed by atoms with Crippen LogP contribution in [0.1, 0.15) is 87.9 Å². The lowest BCUT2D eigenvalue weighted by atomic mass is 9.88. The highest BCUT2D eigenvalue weighted by molar-refractivity contribution is 5.97. The van der Waals surface area contributed by atoms with Crippen molar-refractivity contribution in [2.24, 2.45) is 0 Å². The van der Waals surface area contributed by atoms with Crippen molar-refractivity contribution >= 4 is 23.4 Å². The number of anilines is 1. The lowest BCUT2D eigenvalue weighted by molar-refractivity contribution is -0.138. The zero-order chi connectivity index (χ0) is 26.7. The summed E-state index contributed by atoms with van der Waals surface area (Å²) in [5, 5.41) is 2.75. The third-order valence-electron chi connectivity index (χ3n) is 8.30. The largest absolute Gasteiger partial charge is 0.379 e. The normalized spacial score (nSPS) is 19.6. The van der Waals surface area contributed by atoms with Gasteiger partial charge in [-0.1, -0.05) is 38.5 Å². The van der Waals surface area contributed by atoms with Crippen molar-refractivity contribution in [1.82, 2.24) is 14.7 Å². The molecule has 0 aromatic heterocycles. The minimum Gasteiger partial charge on any atom is -0.379 e. The number of carbonyl (C=O) groups is 3. The molecule has 1 aliphatic heterocycles. The fourth-order valence-corrected chi connectivity index (χ4v) is 6.31. The Morgan fingerprint density at radius 3 is 2.03 bits per heavy atom. The molecule has 4 rings (SSSR count). The molecule has 1 saturated heterocycles. The number of hydrogen-bond donors (Lipinski definition) is 1. The Balaban J connectivity index is 1.47. The molecule has 0 radical (unpaired) electrons. The Bertz CT molecular complexity index is 885. The van der Waals surface area contributed by atoms with Gasteiger partial charge in [0.1, 0.15) is 6.54 Å². The van der Waals surface area contributed by atoms with Crippen LogP contribution in [-0.4, -0.2) is 90.4 Å². The second kappa shape index (κ2) is 14.6. The first-order chi connectivity index (χ1) is 18.5. The molecule has 3 fully saturated rings. The zero-order valence-corrected chi connectivity index (χ0v) is 23.2. The smallest absolute Gasteiger partial charge is 0.254 e. The number of hydrogen-bond acceptors (Lipinski definition) is 5. The van der Waals surface area contributed by atoms with E-state index in [0.717, 1.165) is 65.0 Å². The van der Waals surface area contributed by atoms with E-state index in [9.17, 15) is 14.4 Å². The summed E-state index contributed by atoms with van der Waals surface area (Å²) in [6, 6.07) is 7.60. The Kier molecular flexibility index (Phi) is 11.0. The summed E-state index contributed by atoms with van der Waals surface area (Å²) in [6.45, 7) is 6.34. The Morgan fingerprint density at radius 1 is 0.895 bits per heavy atom. The SMILES string of the molecule is CC(=O)Nc1ccc(C(=O)N(CCCN2CCOCC2)CC(=O)N(C2CCCCC2)C2CCCCC2)cc1. The number of ether oxygens (including phenoxy) is 1. The van der Waals surface area contributed by atoms with Crippen LogP contribution in [0.3, 0.4) is 0 Å².